The first kappa shape index (κ1) is 27.2. The van der Waals surface area contributed by atoms with Crippen LogP contribution in [0.25, 0.3) is 22.2 Å². The van der Waals surface area contributed by atoms with Crippen LogP contribution >= 0.6 is 0 Å². The standard InChI is InChI=1S/C36H28N4O4/c41-25-34-38(22-23-44-34)30-18-16-26(17-19-30)35-32-24-31(40(42)43)20-21-33(32)39(37-35)36(27-10-4-1-5-11-27,28-12-6-2-7-13-28)29-14-8-3-9-15-29/h1-21,24-25,34H,22-23H2. The molecule has 1 aliphatic rings. The molecule has 8 heteroatoms. The lowest BCUT2D eigenvalue weighted by atomic mass is 9.77. The number of ether oxygens (including phenoxy) is 1. The lowest BCUT2D eigenvalue weighted by molar-refractivity contribution is -0.384. The Morgan fingerprint density at radius 1 is 0.795 bits per heavy atom. The predicted octanol–water partition coefficient (Wildman–Crippen LogP) is 6.81. The number of aldehydes is 1. The van der Waals surface area contributed by atoms with Crippen molar-refractivity contribution >= 4 is 28.6 Å². The van der Waals surface area contributed by atoms with Crippen molar-refractivity contribution in [2.45, 2.75) is 11.8 Å². The van der Waals surface area contributed by atoms with Gasteiger partial charge in [0.1, 0.15) is 11.2 Å². The van der Waals surface area contributed by atoms with E-state index in [9.17, 15) is 14.9 Å². The Labute approximate surface area is 253 Å². The van der Waals surface area contributed by atoms with Crippen molar-refractivity contribution in [3.05, 3.63) is 160 Å². The molecule has 0 aliphatic carbocycles. The number of nitro groups is 1. The van der Waals surface area contributed by atoms with Crippen molar-refractivity contribution in [1.82, 2.24) is 9.78 Å². The molecule has 0 radical (unpaired) electrons. The van der Waals surface area contributed by atoms with Crippen LogP contribution in [0.15, 0.2) is 133 Å². The van der Waals surface area contributed by atoms with E-state index in [1.807, 2.05) is 88.4 Å². The minimum Gasteiger partial charge on any atom is -0.349 e. The zero-order valence-corrected chi connectivity index (χ0v) is 23.7. The van der Waals surface area contributed by atoms with E-state index in [1.165, 1.54) is 6.07 Å². The van der Waals surface area contributed by atoms with Gasteiger partial charge in [0.15, 0.2) is 12.5 Å². The molecule has 1 atom stereocenters. The second-order valence-electron chi connectivity index (χ2n) is 10.7. The smallest absolute Gasteiger partial charge is 0.270 e. The third-order valence-corrected chi connectivity index (χ3v) is 8.28. The molecule has 0 N–H and O–H groups in total. The summed E-state index contributed by atoms with van der Waals surface area (Å²) in [6.07, 6.45) is 0.178. The maximum absolute atomic E-state index is 11.9. The van der Waals surface area contributed by atoms with Gasteiger partial charge >= 0.3 is 0 Å². The summed E-state index contributed by atoms with van der Waals surface area (Å²) < 4.78 is 7.53. The summed E-state index contributed by atoms with van der Waals surface area (Å²) in [7, 11) is 0. The highest BCUT2D eigenvalue weighted by Crippen LogP contribution is 2.44. The second-order valence-corrected chi connectivity index (χ2v) is 10.7. The number of hydrogen-bond acceptors (Lipinski definition) is 6. The van der Waals surface area contributed by atoms with Crippen LogP contribution in [-0.4, -0.2) is 40.4 Å². The highest BCUT2D eigenvalue weighted by molar-refractivity contribution is 5.95. The molecule has 1 aliphatic heterocycles. The number of carbonyl (C=O) groups excluding carboxylic acids is 1. The Hall–Kier alpha value is -5.60. The van der Waals surface area contributed by atoms with Gasteiger partial charge in [0.05, 0.1) is 17.0 Å². The quantitative estimate of drug-likeness (QED) is 0.0850. The van der Waals surface area contributed by atoms with E-state index >= 15 is 0 Å². The van der Waals surface area contributed by atoms with Crippen LogP contribution < -0.4 is 4.90 Å². The van der Waals surface area contributed by atoms with Gasteiger partial charge in [-0.25, -0.2) is 4.68 Å². The monoisotopic (exact) mass is 580 g/mol. The van der Waals surface area contributed by atoms with Gasteiger partial charge in [-0.1, -0.05) is 103 Å². The number of aromatic nitrogens is 2. The van der Waals surface area contributed by atoms with Crippen molar-refractivity contribution in [2.75, 3.05) is 18.1 Å². The molecular formula is C36H28N4O4. The number of nitro benzene ring substituents is 1. The molecule has 0 amide bonds. The number of benzene rings is 5. The number of hydrogen-bond donors (Lipinski definition) is 0. The fraction of sp³-hybridized carbons (Fsp3) is 0.111. The minimum absolute atomic E-state index is 0.0114. The van der Waals surface area contributed by atoms with Gasteiger partial charge in [0.2, 0.25) is 0 Å². The normalized spacial score (nSPS) is 15.0. The number of non-ortho nitro benzene ring substituents is 1. The summed E-state index contributed by atoms with van der Waals surface area (Å²) in [6, 6.07) is 43.3. The highest BCUT2D eigenvalue weighted by atomic mass is 16.6. The number of rotatable bonds is 8. The molecular weight excluding hydrogens is 552 g/mol. The van der Waals surface area contributed by atoms with E-state index in [1.54, 1.807) is 12.1 Å². The number of carbonyl (C=O) groups is 1. The Balaban J connectivity index is 1.52. The lowest BCUT2D eigenvalue weighted by Gasteiger charge is -2.37. The Morgan fingerprint density at radius 2 is 1.36 bits per heavy atom. The number of fused-ring (bicyclic) bond motifs is 1. The van der Waals surface area contributed by atoms with Crippen LogP contribution in [0.5, 0.6) is 0 Å². The predicted molar refractivity (Wildman–Crippen MR) is 170 cm³/mol. The molecule has 2 heterocycles. The van der Waals surface area contributed by atoms with Gasteiger partial charge in [0.25, 0.3) is 5.69 Å². The Morgan fingerprint density at radius 3 is 1.89 bits per heavy atom. The average Bonchev–Trinajstić information content (AvgIpc) is 3.72. The van der Waals surface area contributed by atoms with Crippen LogP contribution in [0.1, 0.15) is 16.7 Å². The lowest BCUT2D eigenvalue weighted by Crippen LogP contribution is -2.38. The van der Waals surface area contributed by atoms with Gasteiger partial charge in [-0.05, 0) is 34.9 Å². The summed E-state index contributed by atoms with van der Waals surface area (Å²) in [6.45, 7) is 1.09. The van der Waals surface area contributed by atoms with E-state index < -0.39 is 11.8 Å². The van der Waals surface area contributed by atoms with Crippen molar-refractivity contribution in [3.63, 3.8) is 0 Å². The van der Waals surface area contributed by atoms with Crippen LogP contribution in [0.3, 0.4) is 0 Å². The van der Waals surface area contributed by atoms with E-state index in [0.29, 0.717) is 24.2 Å². The van der Waals surface area contributed by atoms with E-state index in [2.05, 4.69) is 36.4 Å². The molecule has 0 bridgehead atoms. The van der Waals surface area contributed by atoms with Gasteiger partial charge in [-0.15, -0.1) is 0 Å². The van der Waals surface area contributed by atoms with E-state index in [0.717, 1.165) is 39.7 Å². The molecule has 6 aromatic rings. The highest BCUT2D eigenvalue weighted by Gasteiger charge is 2.41. The SMILES string of the molecule is O=CC1OCCN1c1ccc(-c2nn(C(c3ccccc3)(c3ccccc3)c3ccccc3)c3ccc([N+](=O)[O-])cc23)cc1. The summed E-state index contributed by atoms with van der Waals surface area (Å²) in [4.78, 5) is 25.0. The summed E-state index contributed by atoms with van der Waals surface area (Å²) in [5.74, 6) is 0. The van der Waals surface area contributed by atoms with Gasteiger partial charge in [-0.3, -0.25) is 14.9 Å². The average molecular weight is 581 g/mol. The van der Waals surface area contributed by atoms with Gasteiger partial charge in [0, 0.05) is 35.3 Å². The summed E-state index contributed by atoms with van der Waals surface area (Å²) in [5.41, 5.74) is 5.09. The molecule has 1 saturated heterocycles. The fourth-order valence-electron chi connectivity index (χ4n) is 6.28. The van der Waals surface area contributed by atoms with Crippen LogP contribution in [0.2, 0.25) is 0 Å². The maximum Gasteiger partial charge on any atom is 0.270 e. The van der Waals surface area contributed by atoms with Gasteiger partial charge in [-0.2, -0.15) is 5.10 Å². The first-order chi connectivity index (χ1) is 21.6. The molecule has 1 fully saturated rings. The third kappa shape index (κ3) is 4.44. The first-order valence-electron chi connectivity index (χ1n) is 14.4. The molecule has 216 valence electrons. The molecule has 44 heavy (non-hydrogen) atoms. The van der Waals surface area contributed by atoms with Crippen molar-refractivity contribution in [3.8, 4) is 11.3 Å². The molecule has 7 rings (SSSR count). The Bertz CT molecular complexity index is 1840. The van der Waals surface area contributed by atoms with Crippen LogP contribution in [-0.2, 0) is 15.1 Å². The molecule has 1 unspecified atom stereocenters. The summed E-state index contributed by atoms with van der Waals surface area (Å²) >= 11 is 0. The fourth-order valence-corrected chi connectivity index (χ4v) is 6.28. The number of anilines is 1. The van der Waals surface area contributed by atoms with Gasteiger partial charge < -0.3 is 9.64 Å². The van der Waals surface area contributed by atoms with E-state index in [4.69, 9.17) is 9.84 Å². The van der Waals surface area contributed by atoms with E-state index in [-0.39, 0.29) is 10.6 Å². The summed E-state index contributed by atoms with van der Waals surface area (Å²) in [5, 5.41) is 17.9. The topological polar surface area (TPSA) is 90.5 Å². The van der Waals surface area contributed by atoms with Crippen molar-refractivity contribution in [1.29, 1.82) is 0 Å². The third-order valence-electron chi connectivity index (χ3n) is 8.28. The largest absolute Gasteiger partial charge is 0.349 e. The molecule has 0 saturated carbocycles. The zero-order valence-electron chi connectivity index (χ0n) is 23.7. The zero-order chi connectivity index (χ0) is 30.1. The molecule has 0 spiro atoms. The molecule has 1 aromatic heterocycles. The van der Waals surface area contributed by atoms with Crippen LogP contribution in [0.4, 0.5) is 11.4 Å². The molecule has 5 aromatic carbocycles. The minimum atomic E-state index is -0.902. The molecule has 8 nitrogen and oxygen atoms in total. The number of nitrogens with zero attached hydrogens (tertiary/aromatic N) is 4. The van der Waals surface area contributed by atoms with Crippen LogP contribution in [0, 0.1) is 10.1 Å². The van der Waals surface area contributed by atoms with Crippen molar-refractivity contribution in [2.24, 2.45) is 0 Å². The Kier molecular flexibility index (Phi) is 6.96. The second kappa shape index (κ2) is 11.2. The van der Waals surface area contributed by atoms with Crippen molar-refractivity contribution < 1.29 is 14.5 Å². The first-order valence-corrected chi connectivity index (χ1v) is 14.4. The maximum atomic E-state index is 11.9.